The Balaban J connectivity index is 1.93. The third kappa shape index (κ3) is 1.36. The minimum Gasteiger partial charge on any atom is -0.327 e. The van der Waals surface area contributed by atoms with E-state index in [1.165, 1.54) is 0 Å². The second kappa shape index (κ2) is 3.00. The van der Waals surface area contributed by atoms with Gasteiger partial charge in [0.05, 0.1) is 11.7 Å². The summed E-state index contributed by atoms with van der Waals surface area (Å²) in [5, 5.41) is 3.49. The number of nitrogens with zero attached hydrogens (tertiary/aromatic N) is 2. The van der Waals surface area contributed by atoms with E-state index in [0.29, 0.717) is 23.9 Å². The molecule has 3 N–H and O–H groups in total. The van der Waals surface area contributed by atoms with Gasteiger partial charge in [0.1, 0.15) is 5.82 Å². The van der Waals surface area contributed by atoms with Crippen molar-refractivity contribution in [1.29, 1.82) is 0 Å². The Labute approximate surface area is 89.3 Å². The molecule has 0 bridgehead atoms. The monoisotopic (exact) mass is 204 g/mol. The molecule has 4 nitrogen and oxygen atoms in total. The molecule has 1 saturated heterocycles. The summed E-state index contributed by atoms with van der Waals surface area (Å²) in [5.74, 6) is 2.12. The van der Waals surface area contributed by atoms with Crippen LogP contribution < -0.4 is 11.1 Å². The Morgan fingerprint density at radius 3 is 2.80 bits per heavy atom. The highest BCUT2D eigenvalue weighted by Crippen LogP contribution is 2.50. The Hall–Kier alpha value is -1.00. The molecular weight excluding hydrogens is 188 g/mol. The molecule has 0 aromatic carbocycles. The van der Waals surface area contributed by atoms with Crippen LogP contribution in [-0.2, 0) is 0 Å². The number of piperidine rings is 1. The Morgan fingerprint density at radius 2 is 2.20 bits per heavy atom. The molecule has 2 heterocycles. The Morgan fingerprint density at radius 1 is 1.40 bits per heavy atom. The van der Waals surface area contributed by atoms with Gasteiger partial charge >= 0.3 is 0 Å². The zero-order chi connectivity index (χ0) is 10.6. The van der Waals surface area contributed by atoms with Crippen LogP contribution in [0.3, 0.4) is 0 Å². The zero-order valence-electron chi connectivity index (χ0n) is 9.07. The number of fused-ring (bicyclic) bond motifs is 1. The van der Waals surface area contributed by atoms with E-state index in [-0.39, 0.29) is 0 Å². The minimum absolute atomic E-state index is 0.352. The summed E-state index contributed by atoms with van der Waals surface area (Å²) < 4.78 is 0. The number of aromatic nitrogens is 2. The summed E-state index contributed by atoms with van der Waals surface area (Å²) in [4.78, 5) is 8.79. The normalized spacial score (nSPS) is 37.8. The van der Waals surface area contributed by atoms with Gasteiger partial charge in [0, 0.05) is 24.2 Å². The molecule has 4 unspecified atom stereocenters. The fraction of sp³-hybridized carbons (Fsp3) is 0.636. The predicted molar refractivity (Wildman–Crippen MR) is 57.2 cm³/mol. The van der Waals surface area contributed by atoms with Gasteiger partial charge in [0.25, 0.3) is 0 Å². The highest BCUT2D eigenvalue weighted by molar-refractivity contribution is 5.23. The van der Waals surface area contributed by atoms with Crippen molar-refractivity contribution in [1.82, 2.24) is 15.3 Å². The van der Waals surface area contributed by atoms with Gasteiger partial charge in [-0.25, -0.2) is 9.97 Å². The Kier molecular flexibility index (Phi) is 1.85. The molecule has 1 aromatic heterocycles. The molecule has 1 aliphatic heterocycles. The number of hydrogen-bond acceptors (Lipinski definition) is 4. The van der Waals surface area contributed by atoms with Crippen molar-refractivity contribution >= 4 is 0 Å². The molecular formula is C11H16N4. The lowest BCUT2D eigenvalue weighted by Gasteiger charge is -2.14. The maximum Gasteiger partial charge on any atom is 0.125 e. The van der Waals surface area contributed by atoms with E-state index in [1.807, 2.05) is 13.8 Å². The van der Waals surface area contributed by atoms with E-state index in [4.69, 9.17) is 5.73 Å². The molecule has 0 amide bonds. The first-order chi connectivity index (χ1) is 7.16. The lowest BCUT2D eigenvalue weighted by molar-refractivity contribution is 0.521. The van der Waals surface area contributed by atoms with Gasteiger partial charge in [0.15, 0.2) is 0 Å². The summed E-state index contributed by atoms with van der Waals surface area (Å²) in [6, 6.07) is 2.80. The van der Waals surface area contributed by atoms with Crippen molar-refractivity contribution in [2.45, 2.75) is 25.9 Å². The lowest BCUT2D eigenvalue weighted by Crippen LogP contribution is -2.26. The fourth-order valence-corrected chi connectivity index (χ4v) is 2.78. The van der Waals surface area contributed by atoms with E-state index in [9.17, 15) is 0 Å². The standard InChI is InChI=1S/C11H16N4/c1-5-3-8(15-6(2)14-5)11-9-7(4-13-11)10(9)12/h3,7,9-11,13H,4,12H2,1-2H3. The molecule has 1 saturated carbocycles. The van der Waals surface area contributed by atoms with Crippen LogP contribution in [0.1, 0.15) is 23.3 Å². The second-order valence-electron chi connectivity index (χ2n) is 4.69. The number of nitrogens with two attached hydrogens (primary N) is 1. The second-order valence-corrected chi connectivity index (χ2v) is 4.69. The molecule has 1 aromatic rings. The first-order valence-electron chi connectivity index (χ1n) is 5.48. The first kappa shape index (κ1) is 9.24. The molecule has 2 fully saturated rings. The Bertz CT molecular complexity index is 383. The van der Waals surface area contributed by atoms with Crippen LogP contribution >= 0.6 is 0 Å². The number of rotatable bonds is 1. The maximum atomic E-state index is 5.99. The SMILES string of the molecule is Cc1cc(C2NCC3C(N)C23)nc(C)n1. The fourth-order valence-electron chi connectivity index (χ4n) is 2.78. The van der Waals surface area contributed by atoms with Gasteiger partial charge < -0.3 is 11.1 Å². The molecule has 1 aliphatic carbocycles. The minimum atomic E-state index is 0.352. The average molecular weight is 204 g/mol. The van der Waals surface area contributed by atoms with Crippen LogP contribution in [0.5, 0.6) is 0 Å². The highest BCUT2D eigenvalue weighted by atomic mass is 15.1. The van der Waals surface area contributed by atoms with Crippen molar-refractivity contribution in [2.24, 2.45) is 17.6 Å². The molecule has 80 valence electrons. The van der Waals surface area contributed by atoms with E-state index >= 15 is 0 Å². The predicted octanol–water partition coefficient (Wildman–Crippen LogP) is 0.311. The van der Waals surface area contributed by atoms with E-state index < -0.39 is 0 Å². The number of hydrogen-bond donors (Lipinski definition) is 2. The molecule has 0 spiro atoms. The summed E-state index contributed by atoms with van der Waals surface area (Å²) in [7, 11) is 0. The van der Waals surface area contributed by atoms with E-state index in [1.54, 1.807) is 0 Å². The molecule has 4 atom stereocenters. The number of nitrogens with one attached hydrogen (secondary N) is 1. The average Bonchev–Trinajstić information content (AvgIpc) is 2.62. The molecule has 4 heteroatoms. The maximum absolute atomic E-state index is 5.99. The van der Waals surface area contributed by atoms with Crippen LogP contribution in [-0.4, -0.2) is 22.6 Å². The molecule has 2 aliphatic rings. The summed E-state index contributed by atoms with van der Waals surface area (Å²) in [6.45, 7) is 4.99. The van der Waals surface area contributed by atoms with Gasteiger partial charge in [-0.1, -0.05) is 0 Å². The van der Waals surface area contributed by atoms with Gasteiger partial charge in [0.2, 0.25) is 0 Å². The van der Waals surface area contributed by atoms with Crippen LogP contribution in [0.4, 0.5) is 0 Å². The zero-order valence-corrected chi connectivity index (χ0v) is 9.07. The smallest absolute Gasteiger partial charge is 0.125 e. The van der Waals surface area contributed by atoms with Gasteiger partial charge in [-0.15, -0.1) is 0 Å². The van der Waals surface area contributed by atoms with Crippen LogP contribution in [0.2, 0.25) is 0 Å². The van der Waals surface area contributed by atoms with Crippen LogP contribution in [0.15, 0.2) is 6.07 Å². The first-order valence-corrected chi connectivity index (χ1v) is 5.48. The molecule has 15 heavy (non-hydrogen) atoms. The third-order valence-corrected chi connectivity index (χ3v) is 3.56. The van der Waals surface area contributed by atoms with Crippen molar-refractivity contribution in [2.75, 3.05) is 6.54 Å². The molecule has 3 rings (SSSR count). The topological polar surface area (TPSA) is 63.8 Å². The van der Waals surface area contributed by atoms with Gasteiger partial charge in [-0.3, -0.25) is 0 Å². The summed E-state index contributed by atoms with van der Waals surface area (Å²) >= 11 is 0. The van der Waals surface area contributed by atoms with Gasteiger partial charge in [-0.2, -0.15) is 0 Å². The van der Waals surface area contributed by atoms with Crippen molar-refractivity contribution in [3.8, 4) is 0 Å². The van der Waals surface area contributed by atoms with Crippen molar-refractivity contribution in [3.05, 3.63) is 23.3 Å². The van der Waals surface area contributed by atoms with Crippen LogP contribution in [0, 0.1) is 25.7 Å². The van der Waals surface area contributed by atoms with E-state index in [0.717, 1.165) is 23.8 Å². The van der Waals surface area contributed by atoms with Crippen molar-refractivity contribution in [3.63, 3.8) is 0 Å². The van der Waals surface area contributed by atoms with Crippen LogP contribution in [0.25, 0.3) is 0 Å². The molecule has 0 radical (unpaired) electrons. The number of aryl methyl sites for hydroxylation is 2. The highest BCUT2D eigenvalue weighted by Gasteiger charge is 2.56. The summed E-state index contributed by atoms with van der Waals surface area (Å²) in [6.07, 6.45) is 0. The van der Waals surface area contributed by atoms with Crippen molar-refractivity contribution < 1.29 is 0 Å². The third-order valence-electron chi connectivity index (χ3n) is 3.56. The lowest BCUT2D eigenvalue weighted by atomic mass is 10.1. The van der Waals surface area contributed by atoms with E-state index in [2.05, 4.69) is 21.4 Å². The quantitative estimate of drug-likeness (QED) is 0.691. The summed E-state index contributed by atoms with van der Waals surface area (Å²) in [5.41, 5.74) is 8.14. The van der Waals surface area contributed by atoms with Gasteiger partial charge in [-0.05, 0) is 25.8 Å². The largest absolute Gasteiger partial charge is 0.327 e.